The molecule has 6 heteroatoms. The van der Waals surface area contributed by atoms with Gasteiger partial charge in [-0.3, -0.25) is 10.1 Å². The molecule has 2 rings (SSSR count). The Morgan fingerprint density at radius 3 is 2.70 bits per heavy atom. The number of nitrogens with two attached hydrogens (primary N) is 1. The summed E-state index contributed by atoms with van der Waals surface area (Å²) in [7, 11) is 0. The van der Waals surface area contributed by atoms with Gasteiger partial charge in [0.2, 0.25) is 5.75 Å². The number of halogens is 1. The maximum atomic E-state index is 11.0. The molecule has 0 saturated carbocycles. The van der Waals surface area contributed by atoms with E-state index >= 15 is 0 Å². The normalized spacial score (nSPS) is 10.3. The predicted molar refractivity (Wildman–Crippen MR) is 79.9 cm³/mol. The fourth-order valence-corrected chi connectivity index (χ4v) is 2.28. The van der Waals surface area contributed by atoms with Gasteiger partial charge in [-0.1, -0.05) is 18.2 Å². The van der Waals surface area contributed by atoms with Gasteiger partial charge in [0.1, 0.15) is 5.75 Å². The molecule has 0 heterocycles. The molecule has 0 amide bonds. The van der Waals surface area contributed by atoms with Gasteiger partial charge in [0.05, 0.1) is 9.40 Å². The number of para-hydroxylation sites is 1. The van der Waals surface area contributed by atoms with Gasteiger partial charge in [0, 0.05) is 12.6 Å². The van der Waals surface area contributed by atoms with E-state index in [0.29, 0.717) is 22.3 Å². The fourth-order valence-electron chi connectivity index (χ4n) is 1.78. The zero-order valence-electron chi connectivity index (χ0n) is 10.8. The Morgan fingerprint density at radius 2 is 2.10 bits per heavy atom. The highest BCUT2D eigenvalue weighted by atomic mass is 79.9. The number of hydrogen-bond acceptors (Lipinski definition) is 4. The summed E-state index contributed by atoms with van der Waals surface area (Å²) in [5, 5.41) is 11.0. The lowest BCUT2D eigenvalue weighted by molar-refractivity contribution is -0.385. The van der Waals surface area contributed by atoms with E-state index < -0.39 is 4.92 Å². The van der Waals surface area contributed by atoms with Crippen molar-refractivity contribution in [3.05, 3.63) is 62.1 Å². The molecule has 0 bridgehead atoms. The summed E-state index contributed by atoms with van der Waals surface area (Å²) in [6, 6.07) is 10.2. The minimum atomic E-state index is -0.454. The summed E-state index contributed by atoms with van der Waals surface area (Å²) in [4.78, 5) is 10.6. The first kappa shape index (κ1) is 14.5. The molecule has 0 atom stereocenters. The maximum absolute atomic E-state index is 11.0. The van der Waals surface area contributed by atoms with Crippen molar-refractivity contribution in [1.82, 2.24) is 0 Å². The Bertz CT molecular complexity index is 659. The molecular formula is C14H13BrN2O3. The highest BCUT2D eigenvalue weighted by Crippen LogP contribution is 2.37. The van der Waals surface area contributed by atoms with Crippen LogP contribution in [0.25, 0.3) is 0 Å². The third-order valence-corrected chi connectivity index (χ3v) is 3.45. The van der Waals surface area contributed by atoms with Crippen LogP contribution in [0.5, 0.6) is 11.5 Å². The summed E-state index contributed by atoms with van der Waals surface area (Å²) in [5.74, 6) is 0.762. The Morgan fingerprint density at radius 1 is 1.35 bits per heavy atom. The lowest BCUT2D eigenvalue weighted by atomic mass is 10.2. The number of nitro benzene ring substituents is 1. The van der Waals surface area contributed by atoms with Crippen LogP contribution in [0.3, 0.4) is 0 Å². The molecule has 0 fully saturated rings. The molecule has 0 spiro atoms. The fraction of sp³-hybridized carbons (Fsp3) is 0.143. The molecule has 104 valence electrons. The van der Waals surface area contributed by atoms with Crippen LogP contribution in [-0.4, -0.2) is 4.92 Å². The van der Waals surface area contributed by atoms with Gasteiger partial charge in [0.15, 0.2) is 0 Å². The number of nitro groups is 1. The molecule has 0 aromatic heterocycles. The van der Waals surface area contributed by atoms with Crippen LogP contribution in [0.1, 0.15) is 11.1 Å². The zero-order chi connectivity index (χ0) is 14.7. The van der Waals surface area contributed by atoms with Crippen molar-refractivity contribution in [3.63, 3.8) is 0 Å². The molecule has 0 aliphatic heterocycles. The monoisotopic (exact) mass is 336 g/mol. The summed E-state index contributed by atoms with van der Waals surface area (Å²) in [6.45, 7) is 2.19. The van der Waals surface area contributed by atoms with Crippen molar-refractivity contribution >= 4 is 21.6 Å². The number of hydrogen-bond donors (Lipinski definition) is 1. The number of aryl methyl sites for hydroxylation is 1. The van der Waals surface area contributed by atoms with Gasteiger partial charge in [-0.05, 0) is 46.1 Å². The summed E-state index contributed by atoms with van der Waals surface area (Å²) in [5.41, 5.74) is 7.15. The average molecular weight is 337 g/mol. The second-order valence-corrected chi connectivity index (χ2v) is 5.11. The Labute approximate surface area is 124 Å². The van der Waals surface area contributed by atoms with Crippen molar-refractivity contribution in [2.24, 2.45) is 5.73 Å². The molecule has 5 nitrogen and oxygen atoms in total. The minimum Gasteiger partial charge on any atom is -0.449 e. The Hall–Kier alpha value is -1.92. The van der Waals surface area contributed by atoms with Crippen LogP contribution in [0, 0.1) is 17.0 Å². The summed E-state index contributed by atoms with van der Waals surface area (Å²) < 4.78 is 6.41. The topological polar surface area (TPSA) is 78.4 Å². The van der Waals surface area contributed by atoms with E-state index in [1.54, 1.807) is 25.1 Å². The Balaban J connectivity index is 2.42. The van der Waals surface area contributed by atoms with Crippen molar-refractivity contribution in [2.75, 3.05) is 0 Å². The van der Waals surface area contributed by atoms with Gasteiger partial charge in [-0.2, -0.15) is 0 Å². The standard InChI is InChI=1S/C14H13BrN2O3/c1-9-3-2-4-12(17(18)19)14(9)20-13-6-5-10(8-16)7-11(13)15/h2-7H,8,16H2,1H3. The Kier molecular flexibility index (Phi) is 4.36. The molecule has 0 aliphatic rings. The van der Waals surface area contributed by atoms with Gasteiger partial charge < -0.3 is 10.5 Å². The van der Waals surface area contributed by atoms with E-state index in [0.717, 1.165) is 5.56 Å². The smallest absolute Gasteiger partial charge is 0.311 e. The number of nitrogens with zero attached hydrogens (tertiary/aromatic N) is 1. The van der Waals surface area contributed by atoms with Crippen molar-refractivity contribution in [1.29, 1.82) is 0 Å². The molecule has 2 aromatic rings. The number of rotatable bonds is 4. The minimum absolute atomic E-state index is 0.0557. The molecule has 0 saturated heterocycles. The van der Waals surface area contributed by atoms with Crippen LogP contribution in [0.4, 0.5) is 5.69 Å². The molecular weight excluding hydrogens is 324 g/mol. The second-order valence-electron chi connectivity index (χ2n) is 4.25. The average Bonchev–Trinajstić information content (AvgIpc) is 2.42. The van der Waals surface area contributed by atoms with Crippen molar-refractivity contribution in [3.8, 4) is 11.5 Å². The maximum Gasteiger partial charge on any atom is 0.311 e. The predicted octanol–water partition coefficient (Wildman–Crippen LogP) is 3.92. The first-order valence-electron chi connectivity index (χ1n) is 5.93. The van der Waals surface area contributed by atoms with Crippen LogP contribution in [0.2, 0.25) is 0 Å². The third-order valence-electron chi connectivity index (χ3n) is 2.83. The van der Waals surface area contributed by atoms with Gasteiger partial charge in [0.25, 0.3) is 0 Å². The zero-order valence-corrected chi connectivity index (χ0v) is 12.4. The van der Waals surface area contributed by atoms with Crippen molar-refractivity contribution < 1.29 is 9.66 Å². The van der Waals surface area contributed by atoms with E-state index in [4.69, 9.17) is 10.5 Å². The van der Waals surface area contributed by atoms with Crippen molar-refractivity contribution in [2.45, 2.75) is 13.5 Å². The molecule has 20 heavy (non-hydrogen) atoms. The first-order chi connectivity index (χ1) is 9.52. The van der Waals surface area contributed by atoms with Gasteiger partial charge in [-0.15, -0.1) is 0 Å². The highest BCUT2D eigenvalue weighted by Gasteiger charge is 2.18. The van der Waals surface area contributed by atoms with E-state index in [2.05, 4.69) is 15.9 Å². The molecule has 0 radical (unpaired) electrons. The van der Waals surface area contributed by atoms with E-state index in [9.17, 15) is 10.1 Å². The SMILES string of the molecule is Cc1cccc([N+](=O)[O-])c1Oc1ccc(CN)cc1Br. The van der Waals surface area contributed by atoms with Crippen LogP contribution in [-0.2, 0) is 6.54 Å². The summed E-state index contributed by atoms with van der Waals surface area (Å²) in [6.07, 6.45) is 0. The first-order valence-corrected chi connectivity index (χ1v) is 6.72. The molecule has 2 aromatic carbocycles. The molecule has 0 aliphatic carbocycles. The number of ether oxygens (including phenoxy) is 1. The lowest BCUT2D eigenvalue weighted by Gasteiger charge is -2.11. The largest absolute Gasteiger partial charge is 0.449 e. The van der Waals surface area contributed by atoms with E-state index in [1.807, 2.05) is 12.1 Å². The quantitative estimate of drug-likeness (QED) is 0.677. The van der Waals surface area contributed by atoms with Crippen LogP contribution in [0.15, 0.2) is 40.9 Å². The second kappa shape index (κ2) is 6.02. The third kappa shape index (κ3) is 2.97. The van der Waals surface area contributed by atoms with Gasteiger partial charge >= 0.3 is 5.69 Å². The summed E-state index contributed by atoms with van der Waals surface area (Å²) >= 11 is 3.38. The molecule has 2 N–H and O–H groups in total. The van der Waals surface area contributed by atoms with Crippen LogP contribution >= 0.6 is 15.9 Å². The highest BCUT2D eigenvalue weighted by molar-refractivity contribution is 9.10. The van der Waals surface area contributed by atoms with Gasteiger partial charge in [-0.25, -0.2) is 0 Å². The van der Waals surface area contributed by atoms with E-state index in [1.165, 1.54) is 6.07 Å². The molecule has 0 unspecified atom stereocenters. The lowest BCUT2D eigenvalue weighted by Crippen LogP contribution is -1.98. The number of benzene rings is 2. The van der Waals surface area contributed by atoms with E-state index in [-0.39, 0.29) is 11.4 Å². The van der Waals surface area contributed by atoms with Crippen LogP contribution < -0.4 is 10.5 Å².